The number of benzene rings is 2. The minimum Gasteiger partial charge on any atom is -0.457 e. The third kappa shape index (κ3) is 3.83. The fourth-order valence-electron chi connectivity index (χ4n) is 1.77. The summed E-state index contributed by atoms with van der Waals surface area (Å²) in [6, 6.07) is 7.59. The van der Waals surface area contributed by atoms with Gasteiger partial charge in [-0.25, -0.2) is 9.18 Å². The van der Waals surface area contributed by atoms with Gasteiger partial charge in [0.25, 0.3) is 0 Å². The molecule has 0 fully saturated rings. The Morgan fingerprint density at radius 1 is 1.29 bits per heavy atom. The molecular formula is C15H12Br2FNO2. The first kappa shape index (κ1) is 16.0. The Balaban J connectivity index is 2.15. The molecule has 0 saturated carbocycles. The first-order valence-electron chi connectivity index (χ1n) is 6.05. The molecule has 2 N–H and O–H groups in total. The minimum absolute atomic E-state index is 0.0472. The second-order valence-corrected chi connectivity index (χ2v) is 6.25. The predicted octanol–water partition coefficient (Wildman–Crippen LogP) is 4.60. The van der Waals surface area contributed by atoms with Crippen LogP contribution in [0.1, 0.15) is 21.5 Å². The van der Waals surface area contributed by atoms with Crippen LogP contribution >= 0.6 is 31.9 Å². The molecule has 0 unspecified atom stereocenters. The summed E-state index contributed by atoms with van der Waals surface area (Å²) in [7, 11) is 0. The standard InChI is InChI=1S/C15H12Br2FNO2/c1-8-12(4-10(16)5-14(8)19)15(20)21-7-9-2-3-11(18)6-13(9)17/h2-6H,7,19H2,1H3. The van der Waals surface area contributed by atoms with E-state index in [1.807, 2.05) is 0 Å². The lowest BCUT2D eigenvalue weighted by Gasteiger charge is -2.10. The van der Waals surface area contributed by atoms with E-state index in [2.05, 4.69) is 31.9 Å². The monoisotopic (exact) mass is 415 g/mol. The zero-order valence-corrected chi connectivity index (χ0v) is 14.3. The van der Waals surface area contributed by atoms with E-state index in [9.17, 15) is 9.18 Å². The Morgan fingerprint density at radius 2 is 2.00 bits per heavy atom. The average molecular weight is 417 g/mol. The van der Waals surface area contributed by atoms with Gasteiger partial charge in [-0.05, 0) is 36.8 Å². The molecule has 2 aromatic rings. The van der Waals surface area contributed by atoms with Crippen molar-refractivity contribution in [2.45, 2.75) is 13.5 Å². The molecule has 110 valence electrons. The molecule has 0 heterocycles. The van der Waals surface area contributed by atoms with Crippen LogP contribution in [-0.2, 0) is 11.3 Å². The Bertz CT molecular complexity index is 704. The fourth-order valence-corrected chi connectivity index (χ4v) is 2.71. The summed E-state index contributed by atoms with van der Waals surface area (Å²) in [6.07, 6.45) is 0. The summed E-state index contributed by atoms with van der Waals surface area (Å²) in [4.78, 5) is 12.1. The van der Waals surface area contributed by atoms with Crippen LogP contribution in [0.25, 0.3) is 0 Å². The number of rotatable bonds is 3. The first-order valence-corrected chi connectivity index (χ1v) is 7.63. The SMILES string of the molecule is Cc1c(N)cc(Br)cc1C(=O)OCc1ccc(F)cc1Br. The van der Waals surface area contributed by atoms with Crippen molar-refractivity contribution in [1.29, 1.82) is 0 Å². The molecule has 0 aliphatic heterocycles. The van der Waals surface area contributed by atoms with Crippen LogP contribution in [0.4, 0.5) is 10.1 Å². The lowest BCUT2D eigenvalue weighted by Crippen LogP contribution is -2.09. The number of nitrogens with two attached hydrogens (primary N) is 1. The van der Waals surface area contributed by atoms with Gasteiger partial charge in [-0.15, -0.1) is 0 Å². The number of carbonyl (C=O) groups is 1. The molecule has 0 aliphatic rings. The molecule has 3 nitrogen and oxygen atoms in total. The average Bonchev–Trinajstić information content (AvgIpc) is 2.41. The van der Waals surface area contributed by atoms with E-state index >= 15 is 0 Å². The minimum atomic E-state index is -0.475. The van der Waals surface area contributed by atoms with Gasteiger partial charge in [0.1, 0.15) is 12.4 Å². The molecule has 0 aromatic heterocycles. The van der Waals surface area contributed by atoms with Crippen LogP contribution in [0, 0.1) is 12.7 Å². The zero-order valence-electron chi connectivity index (χ0n) is 11.1. The summed E-state index contributed by atoms with van der Waals surface area (Å²) in [5.74, 6) is -0.829. The largest absolute Gasteiger partial charge is 0.457 e. The van der Waals surface area contributed by atoms with Gasteiger partial charge in [-0.2, -0.15) is 0 Å². The highest BCUT2D eigenvalue weighted by Gasteiger charge is 2.14. The van der Waals surface area contributed by atoms with Crippen LogP contribution < -0.4 is 5.73 Å². The number of anilines is 1. The maximum atomic E-state index is 13.0. The van der Waals surface area contributed by atoms with Crippen molar-refractivity contribution in [3.8, 4) is 0 Å². The summed E-state index contributed by atoms with van der Waals surface area (Å²) < 4.78 is 19.5. The number of ether oxygens (including phenoxy) is 1. The van der Waals surface area contributed by atoms with Crippen LogP contribution in [0.3, 0.4) is 0 Å². The number of nitrogen functional groups attached to an aromatic ring is 1. The highest BCUT2D eigenvalue weighted by atomic mass is 79.9. The first-order chi connectivity index (χ1) is 9.88. The molecule has 0 amide bonds. The topological polar surface area (TPSA) is 52.3 Å². The number of carbonyl (C=O) groups excluding carboxylic acids is 1. The van der Waals surface area contributed by atoms with E-state index in [1.165, 1.54) is 12.1 Å². The van der Waals surface area contributed by atoms with Crippen LogP contribution in [-0.4, -0.2) is 5.97 Å². The van der Waals surface area contributed by atoms with Crippen LogP contribution in [0.15, 0.2) is 39.3 Å². The van der Waals surface area contributed by atoms with Gasteiger partial charge in [0.05, 0.1) is 5.56 Å². The van der Waals surface area contributed by atoms with Crippen molar-refractivity contribution in [1.82, 2.24) is 0 Å². The number of esters is 1. The van der Waals surface area contributed by atoms with Gasteiger partial charge >= 0.3 is 5.97 Å². The molecule has 0 atom stereocenters. The van der Waals surface area contributed by atoms with Crippen molar-refractivity contribution in [2.75, 3.05) is 5.73 Å². The summed E-state index contributed by atoms with van der Waals surface area (Å²) in [5.41, 5.74) is 8.09. The van der Waals surface area contributed by atoms with E-state index in [-0.39, 0.29) is 12.4 Å². The number of hydrogen-bond donors (Lipinski definition) is 1. The molecule has 21 heavy (non-hydrogen) atoms. The van der Waals surface area contributed by atoms with Gasteiger partial charge in [-0.3, -0.25) is 0 Å². The van der Waals surface area contributed by atoms with Crippen molar-refractivity contribution >= 4 is 43.5 Å². The van der Waals surface area contributed by atoms with E-state index in [0.717, 1.165) is 0 Å². The van der Waals surface area contributed by atoms with Crippen molar-refractivity contribution < 1.29 is 13.9 Å². The highest BCUT2D eigenvalue weighted by molar-refractivity contribution is 9.10. The smallest absolute Gasteiger partial charge is 0.338 e. The molecule has 0 saturated heterocycles. The zero-order chi connectivity index (χ0) is 15.6. The maximum absolute atomic E-state index is 13.0. The van der Waals surface area contributed by atoms with Crippen molar-refractivity contribution in [3.63, 3.8) is 0 Å². The normalized spacial score (nSPS) is 10.5. The Hall–Kier alpha value is -1.40. The molecule has 0 radical (unpaired) electrons. The van der Waals surface area contributed by atoms with E-state index in [1.54, 1.807) is 25.1 Å². The second-order valence-electron chi connectivity index (χ2n) is 4.48. The van der Waals surface area contributed by atoms with Gasteiger partial charge in [0.2, 0.25) is 0 Å². The van der Waals surface area contributed by atoms with Crippen LogP contribution in [0.5, 0.6) is 0 Å². The van der Waals surface area contributed by atoms with Crippen molar-refractivity contribution in [2.24, 2.45) is 0 Å². The van der Waals surface area contributed by atoms with Gasteiger partial charge in [0, 0.05) is 20.2 Å². The lowest BCUT2D eigenvalue weighted by molar-refractivity contribution is 0.0471. The second kappa shape index (κ2) is 6.58. The molecule has 0 spiro atoms. The van der Waals surface area contributed by atoms with Gasteiger partial charge < -0.3 is 10.5 Å². The van der Waals surface area contributed by atoms with E-state index < -0.39 is 5.97 Å². The lowest BCUT2D eigenvalue weighted by atomic mass is 10.1. The summed E-state index contributed by atoms with van der Waals surface area (Å²) in [6.45, 7) is 1.80. The highest BCUT2D eigenvalue weighted by Crippen LogP contribution is 2.24. The predicted molar refractivity (Wildman–Crippen MR) is 86.5 cm³/mol. The molecule has 6 heteroatoms. The van der Waals surface area contributed by atoms with Gasteiger partial charge in [-0.1, -0.05) is 37.9 Å². The fraction of sp³-hybridized carbons (Fsp3) is 0.133. The number of hydrogen-bond acceptors (Lipinski definition) is 3. The Morgan fingerprint density at radius 3 is 2.67 bits per heavy atom. The molecular weight excluding hydrogens is 405 g/mol. The van der Waals surface area contributed by atoms with E-state index in [0.29, 0.717) is 31.3 Å². The van der Waals surface area contributed by atoms with Crippen molar-refractivity contribution in [3.05, 3.63) is 61.8 Å². The quantitative estimate of drug-likeness (QED) is 0.587. The summed E-state index contributed by atoms with van der Waals surface area (Å²) in [5, 5.41) is 0. The summed E-state index contributed by atoms with van der Waals surface area (Å²) >= 11 is 6.53. The third-order valence-electron chi connectivity index (χ3n) is 3.01. The third-order valence-corrected chi connectivity index (χ3v) is 4.20. The molecule has 2 aromatic carbocycles. The molecule has 0 aliphatic carbocycles. The van der Waals surface area contributed by atoms with Gasteiger partial charge in [0.15, 0.2) is 0 Å². The Labute approximate surface area is 138 Å². The Kier molecular flexibility index (Phi) is 5.00. The molecule has 2 rings (SSSR count). The van der Waals surface area contributed by atoms with Crippen LogP contribution in [0.2, 0.25) is 0 Å². The molecule has 0 bridgehead atoms. The maximum Gasteiger partial charge on any atom is 0.338 e. The van der Waals surface area contributed by atoms with E-state index in [4.69, 9.17) is 10.5 Å². The number of halogens is 3.